The SMILES string of the molecule is c1ccc(-c2ccc3c(c2)c2ccccc2n3-c2cccc(-c3nc(-c4cccc(-n5c6ccccc6c6cc(-c7ccccc7)ccc65)c4)nc(-c4ccc5oc6ccccc6c5c4)n3)c2)cc1. The fourth-order valence-electron chi connectivity index (χ4n) is 10.3. The minimum atomic E-state index is 0.577. The highest BCUT2D eigenvalue weighted by Gasteiger charge is 2.19. The lowest BCUT2D eigenvalue weighted by Gasteiger charge is -2.13. The zero-order chi connectivity index (χ0) is 45.4. The van der Waals surface area contributed by atoms with E-state index in [0.717, 1.165) is 72.1 Å². The molecule has 0 saturated heterocycles. The van der Waals surface area contributed by atoms with Crippen LogP contribution in [0.25, 0.3) is 133 Å². The second-order valence-electron chi connectivity index (χ2n) is 17.6. The van der Waals surface area contributed by atoms with E-state index in [1.54, 1.807) is 0 Å². The van der Waals surface area contributed by atoms with Crippen molar-refractivity contribution >= 4 is 65.6 Å². The van der Waals surface area contributed by atoms with Gasteiger partial charge in [-0.15, -0.1) is 0 Å². The highest BCUT2D eigenvalue weighted by atomic mass is 16.3. The Morgan fingerprint density at radius 1 is 0.246 bits per heavy atom. The Morgan fingerprint density at radius 3 is 1.17 bits per heavy atom. The number of nitrogens with zero attached hydrogens (tertiary/aromatic N) is 5. The van der Waals surface area contributed by atoms with E-state index < -0.39 is 0 Å². The first-order valence-electron chi connectivity index (χ1n) is 23.3. The van der Waals surface area contributed by atoms with Gasteiger partial charge in [0.15, 0.2) is 17.5 Å². The molecule has 6 nitrogen and oxygen atoms in total. The lowest BCUT2D eigenvalue weighted by atomic mass is 10.0. The Hall–Kier alpha value is -9.39. The third-order valence-electron chi connectivity index (χ3n) is 13.6. The Bertz CT molecular complexity index is 4100. The van der Waals surface area contributed by atoms with Gasteiger partial charge in [-0.2, -0.15) is 0 Å². The maximum atomic E-state index is 6.25. The Balaban J connectivity index is 0.940. The normalized spacial score (nSPS) is 11.8. The van der Waals surface area contributed by atoms with E-state index in [-0.39, 0.29) is 0 Å². The first kappa shape index (κ1) is 38.8. The molecule has 0 aliphatic heterocycles. The van der Waals surface area contributed by atoms with Crippen LogP contribution in [0.4, 0.5) is 0 Å². The van der Waals surface area contributed by atoms with Gasteiger partial charge in [0.1, 0.15) is 11.2 Å². The average Bonchev–Trinajstić information content (AvgIpc) is 4.08. The smallest absolute Gasteiger partial charge is 0.164 e. The quantitative estimate of drug-likeness (QED) is 0.160. The van der Waals surface area contributed by atoms with E-state index >= 15 is 0 Å². The van der Waals surface area contributed by atoms with Crippen molar-refractivity contribution in [2.75, 3.05) is 0 Å². The Kier molecular flexibility index (Phi) is 8.79. The van der Waals surface area contributed by atoms with Crippen LogP contribution in [0.5, 0.6) is 0 Å². The van der Waals surface area contributed by atoms with E-state index in [9.17, 15) is 0 Å². The largest absolute Gasteiger partial charge is 0.456 e. The van der Waals surface area contributed by atoms with Crippen molar-refractivity contribution in [1.29, 1.82) is 0 Å². The lowest BCUT2D eigenvalue weighted by Crippen LogP contribution is -2.02. The van der Waals surface area contributed by atoms with Crippen molar-refractivity contribution in [3.63, 3.8) is 0 Å². The van der Waals surface area contributed by atoms with Gasteiger partial charge < -0.3 is 13.6 Å². The summed E-state index contributed by atoms with van der Waals surface area (Å²) in [6, 6.07) is 83.5. The van der Waals surface area contributed by atoms with Crippen LogP contribution in [-0.4, -0.2) is 24.1 Å². The maximum absolute atomic E-state index is 6.25. The third-order valence-corrected chi connectivity index (χ3v) is 13.6. The maximum Gasteiger partial charge on any atom is 0.164 e. The molecular weight excluding hydrogens is 843 g/mol. The topological polar surface area (TPSA) is 61.7 Å². The lowest BCUT2D eigenvalue weighted by molar-refractivity contribution is 0.669. The molecule has 0 unspecified atom stereocenters. The molecule has 0 bridgehead atoms. The summed E-state index contributed by atoms with van der Waals surface area (Å²) in [6.45, 7) is 0. The molecule has 0 amide bonds. The van der Waals surface area contributed by atoms with Gasteiger partial charge in [-0.25, -0.2) is 15.0 Å². The second kappa shape index (κ2) is 15.6. The number of furan rings is 1. The fraction of sp³-hybridized carbons (Fsp3) is 0. The second-order valence-corrected chi connectivity index (χ2v) is 17.6. The van der Waals surface area contributed by atoms with Crippen LogP contribution in [0.1, 0.15) is 0 Å². The summed E-state index contributed by atoms with van der Waals surface area (Å²) in [5, 5.41) is 6.85. The number of para-hydroxylation sites is 3. The van der Waals surface area contributed by atoms with Gasteiger partial charge in [-0.3, -0.25) is 0 Å². The van der Waals surface area contributed by atoms with Gasteiger partial charge in [0.25, 0.3) is 0 Å². The van der Waals surface area contributed by atoms with Gasteiger partial charge in [-0.1, -0.05) is 152 Å². The van der Waals surface area contributed by atoms with Gasteiger partial charge in [0.2, 0.25) is 0 Å². The summed E-state index contributed by atoms with van der Waals surface area (Å²) in [4.78, 5) is 15.9. The molecule has 10 aromatic carbocycles. The molecule has 6 heteroatoms. The Labute approximate surface area is 396 Å². The predicted octanol–water partition coefficient (Wildman–Crippen LogP) is 16.3. The highest BCUT2D eigenvalue weighted by Crippen LogP contribution is 2.39. The number of benzene rings is 10. The zero-order valence-corrected chi connectivity index (χ0v) is 37.2. The molecule has 4 heterocycles. The summed E-state index contributed by atoms with van der Waals surface area (Å²) >= 11 is 0. The molecule has 69 heavy (non-hydrogen) atoms. The van der Waals surface area contributed by atoms with Crippen LogP contribution in [0.2, 0.25) is 0 Å². The number of aromatic nitrogens is 5. The minimum Gasteiger partial charge on any atom is -0.456 e. The number of rotatable bonds is 7. The van der Waals surface area contributed by atoms with E-state index in [1.165, 1.54) is 43.8 Å². The summed E-state index contributed by atoms with van der Waals surface area (Å²) in [5.41, 5.74) is 15.6. The molecule has 14 rings (SSSR count). The van der Waals surface area contributed by atoms with E-state index in [1.807, 2.05) is 30.3 Å². The van der Waals surface area contributed by atoms with Crippen LogP contribution in [0.3, 0.4) is 0 Å². The van der Waals surface area contributed by atoms with Crippen molar-refractivity contribution in [3.8, 4) is 67.8 Å². The minimum absolute atomic E-state index is 0.577. The number of fused-ring (bicyclic) bond motifs is 9. The molecule has 4 aromatic heterocycles. The summed E-state index contributed by atoms with van der Waals surface area (Å²) in [5.74, 6) is 1.74. The van der Waals surface area contributed by atoms with E-state index in [0.29, 0.717) is 17.5 Å². The molecule has 0 atom stereocenters. The van der Waals surface area contributed by atoms with Gasteiger partial charge in [0.05, 0.1) is 22.1 Å². The Morgan fingerprint density at radius 2 is 0.638 bits per heavy atom. The van der Waals surface area contributed by atoms with E-state index in [4.69, 9.17) is 19.4 Å². The van der Waals surface area contributed by atoms with Crippen molar-refractivity contribution < 1.29 is 4.42 Å². The monoisotopic (exact) mass is 881 g/mol. The van der Waals surface area contributed by atoms with E-state index in [2.05, 4.69) is 215 Å². The first-order valence-corrected chi connectivity index (χ1v) is 23.3. The van der Waals surface area contributed by atoms with Gasteiger partial charge >= 0.3 is 0 Å². The molecule has 0 radical (unpaired) electrons. The van der Waals surface area contributed by atoms with Gasteiger partial charge in [-0.05, 0) is 107 Å². The van der Waals surface area contributed by atoms with Crippen LogP contribution >= 0.6 is 0 Å². The molecule has 14 aromatic rings. The average molecular weight is 882 g/mol. The van der Waals surface area contributed by atoms with Crippen molar-refractivity contribution in [3.05, 3.63) is 237 Å². The van der Waals surface area contributed by atoms with Crippen LogP contribution < -0.4 is 0 Å². The number of hydrogen-bond acceptors (Lipinski definition) is 4. The summed E-state index contributed by atoms with van der Waals surface area (Å²) in [7, 11) is 0. The standard InChI is InChI=1S/C63H39N5O/c1-3-15-40(16-4-1)42-29-32-57-52(37-42)49-23-7-10-26-55(49)67(57)47-21-13-19-44(35-47)61-64-62(66-63(65-61)46-31-34-60-54(39-46)51-25-9-12-28-59(51)69-60)45-20-14-22-48(36-45)68-56-27-11-8-24-50(56)53-38-43(30-33-58(53)68)41-17-5-2-6-18-41/h1-39H. The molecule has 0 aliphatic rings. The summed E-state index contributed by atoms with van der Waals surface area (Å²) < 4.78 is 10.9. The molecular formula is C63H39N5O. The molecule has 322 valence electrons. The van der Waals surface area contributed by atoms with Crippen LogP contribution in [-0.2, 0) is 0 Å². The van der Waals surface area contributed by atoms with Crippen molar-refractivity contribution in [1.82, 2.24) is 24.1 Å². The molecule has 0 aliphatic carbocycles. The zero-order valence-electron chi connectivity index (χ0n) is 37.2. The van der Waals surface area contributed by atoms with Crippen molar-refractivity contribution in [2.45, 2.75) is 0 Å². The predicted molar refractivity (Wildman–Crippen MR) is 283 cm³/mol. The number of hydrogen-bond donors (Lipinski definition) is 0. The molecule has 0 spiro atoms. The molecule has 0 N–H and O–H groups in total. The first-order chi connectivity index (χ1) is 34.2. The van der Waals surface area contributed by atoms with Gasteiger partial charge in [0, 0.05) is 60.4 Å². The van der Waals surface area contributed by atoms with Crippen molar-refractivity contribution in [2.24, 2.45) is 0 Å². The highest BCUT2D eigenvalue weighted by molar-refractivity contribution is 6.12. The fourth-order valence-corrected chi connectivity index (χ4v) is 10.3. The molecule has 0 saturated carbocycles. The van der Waals surface area contributed by atoms with Crippen LogP contribution in [0.15, 0.2) is 241 Å². The third kappa shape index (κ3) is 6.45. The molecule has 0 fully saturated rings. The van der Waals surface area contributed by atoms with Crippen LogP contribution in [0, 0.1) is 0 Å². The summed E-state index contributed by atoms with van der Waals surface area (Å²) in [6.07, 6.45) is 0.